The van der Waals surface area contributed by atoms with E-state index < -0.39 is 11.9 Å². The van der Waals surface area contributed by atoms with Gasteiger partial charge in [-0.15, -0.1) is 0 Å². The summed E-state index contributed by atoms with van der Waals surface area (Å²) in [6.45, 7) is 0. The normalized spacial score (nSPS) is 13.7. The predicted molar refractivity (Wildman–Crippen MR) is 116 cm³/mol. The van der Waals surface area contributed by atoms with Crippen LogP contribution in [-0.4, -0.2) is 11.9 Å². The van der Waals surface area contributed by atoms with Crippen LogP contribution in [0, 0.1) is 0 Å². The molecule has 30 heavy (non-hydrogen) atoms. The molecular formula is C24H22N2O4. The molecule has 0 spiro atoms. The monoisotopic (exact) mass is 402 g/mol. The van der Waals surface area contributed by atoms with E-state index in [9.17, 15) is 9.59 Å². The van der Waals surface area contributed by atoms with Crippen LogP contribution in [0.25, 0.3) is 6.08 Å². The van der Waals surface area contributed by atoms with E-state index in [0.29, 0.717) is 17.2 Å². The highest BCUT2D eigenvalue weighted by Crippen LogP contribution is 2.17. The van der Waals surface area contributed by atoms with Crippen LogP contribution in [0.5, 0.6) is 11.5 Å². The van der Waals surface area contributed by atoms with Crippen LogP contribution < -0.4 is 20.9 Å². The third-order valence-corrected chi connectivity index (χ3v) is 4.26. The van der Waals surface area contributed by atoms with Crippen molar-refractivity contribution in [1.29, 1.82) is 0 Å². The molecule has 0 radical (unpaired) electrons. The maximum Gasteiger partial charge on any atom is 0.336 e. The predicted octanol–water partition coefficient (Wildman–Crippen LogP) is 3.91. The number of hydrogen-bond donors (Lipinski definition) is 2. The Kier molecular flexibility index (Phi) is 6.84. The fourth-order valence-corrected chi connectivity index (χ4v) is 2.63. The summed E-state index contributed by atoms with van der Waals surface area (Å²) in [4.78, 5) is 23.8. The molecule has 0 amide bonds. The smallest absolute Gasteiger partial charge is 0.336 e. The van der Waals surface area contributed by atoms with Gasteiger partial charge in [0.25, 0.3) is 0 Å². The van der Waals surface area contributed by atoms with Crippen molar-refractivity contribution in [3.8, 4) is 11.5 Å². The first kappa shape index (κ1) is 20.7. The molecule has 0 saturated carbocycles. The van der Waals surface area contributed by atoms with E-state index in [2.05, 4.69) is 0 Å². The Morgan fingerprint density at radius 2 is 1.30 bits per heavy atom. The number of nitrogen functional groups attached to an aromatic ring is 1. The highest BCUT2D eigenvalue weighted by molar-refractivity contribution is 5.89. The molecule has 2 aromatic carbocycles. The summed E-state index contributed by atoms with van der Waals surface area (Å²) in [6.07, 6.45) is 11.4. The zero-order valence-electron chi connectivity index (χ0n) is 16.3. The number of hydrogen-bond acceptors (Lipinski definition) is 6. The Morgan fingerprint density at radius 1 is 0.733 bits per heavy atom. The molecule has 1 aliphatic rings. The van der Waals surface area contributed by atoms with Gasteiger partial charge in [-0.05, 0) is 72.5 Å². The van der Waals surface area contributed by atoms with Gasteiger partial charge in [0.05, 0.1) is 0 Å². The van der Waals surface area contributed by atoms with Crippen LogP contribution in [0.3, 0.4) is 0 Å². The second kappa shape index (κ2) is 9.93. The van der Waals surface area contributed by atoms with Crippen LogP contribution in [0.4, 0.5) is 5.69 Å². The topological polar surface area (TPSA) is 105 Å². The zero-order valence-corrected chi connectivity index (χ0v) is 16.3. The summed E-state index contributed by atoms with van der Waals surface area (Å²) in [5, 5.41) is 0. The number of anilines is 1. The summed E-state index contributed by atoms with van der Waals surface area (Å²) in [5.74, 6) is -0.145. The lowest BCUT2D eigenvalue weighted by Crippen LogP contribution is -2.05. The minimum absolute atomic E-state index is 0.410. The van der Waals surface area contributed by atoms with Gasteiger partial charge < -0.3 is 20.9 Å². The summed E-state index contributed by atoms with van der Waals surface area (Å²) in [7, 11) is 0. The number of carbonyl (C=O) groups excluding carboxylic acids is 2. The second-order valence-corrected chi connectivity index (χ2v) is 6.63. The molecule has 3 rings (SSSR count). The van der Waals surface area contributed by atoms with Crippen molar-refractivity contribution in [2.24, 2.45) is 5.73 Å². The SMILES string of the molecule is NC1=CC=C(/C=C/C(=O)Oc2ccc(/C=C/C(=O)Oc3ccc(N)cc3)cc2)CC1. The summed E-state index contributed by atoms with van der Waals surface area (Å²) in [5.41, 5.74) is 14.5. The maximum atomic E-state index is 12.0. The number of esters is 2. The lowest BCUT2D eigenvalue weighted by atomic mass is 10.0. The van der Waals surface area contributed by atoms with Crippen molar-refractivity contribution in [2.45, 2.75) is 12.8 Å². The van der Waals surface area contributed by atoms with Gasteiger partial charge in [-0.3, -0.25) is 0 Å². The maximum absolute atomic E-state index is 12.0. The Bertz CT molecular complexity index is 1030. The van der Waals surface area contributed by atoms with E-state index in [0.717, 1.165) is 29.7 Å². The highest BCUT2D eigenvalue weighted by Gasteiger charge is 2.04. The lowest BCUT2D eigenvalue weighted by Gasteiger charge is -2.07. The van der Waals surface area contributed by atoms with Crippen molar-refractivity contribution in [2.75, 3.05) is 5.73 Å². The average Bonchev–Trinajstić information content (AvgIpc) is 2.74. The van der Waals surface area contributed by atoms with Gasteiger partial charge in [-0.2, -0.15) is 0 Å². The number of rotatable bonds is 6. The van der Waals surface area contributed by atoms with Gasteiger partial charge in [-0.25, -0.2) is 9.59 Å². The first-order valence-corrected chi connectivity index (χ1v) is 9.38. The summed E-state index contributed by atoms with van der Waals surface area (Å²) in [6, 6.07) is 13.3. The van der Waals surface area contributed by atoms with E-state index in [4.69, 9.17) is 20.9 Å². The van der Waals surface area contributed by atoms with Gasteiger partial charge >= 0.3 is 11.9 Å². The van der Waals surface area contributed by atoms with Gasteiger partial charge in [0.15, 0.2) is 0 Å². The summed E-state index contributed by atoms with van der Waals surface area (Å²) < 4.78 is 10.5. The van der Waals surface area contributed by atoms with Crippen molar-refractivity contribution < 1.29 is 19.1 Å². The quantitative estimate of drug-likeness (QED) is 0.328. The molecular weight excluding hydrogens is 380 g/mol. The number of carbonyl (C=O) groups is 2. The van der Waals surface area contributed by atoms with Crippen molar-refractivity contribution in [3.05, 3.63) is 95.7 Å². The fourth-order valence-electron chi connectivity index (χ4n) is 2.63. The molecule has 0 aliphatic heterocycles. The Balaban J connectivity index is 1.50. The molecule has 1 aliphatic carbocycles. The lowest BCUT2D eigenvalue weighted by molar-refractivity contribution is -0.129. The van der Waals surface area contributed by atoms with Crippen LogP contribution in [0.1, 0.15) is 18.4 Å². The molecule has 6 heteroatoms. The third kappa shape index (κ3) is 6.53. The van der Waals surface area contributed by atoms with Crippen molar-refractivity contribution in [3.63, 3.8) is 0 Å². The number of allylic oxidation sites excluding steroid dienone is 5. The van der Waals surface area contributed by atoms with Gasteiger partial charge in [0.2, 0.25) is 0 Å². The Labute approximate surface area is 174 Å². The van der Waals surface area contributed by atoms with E-state index in [-0.39, 0.29) is 0 Å². The van der Waals surface area contributed by atoms with Crippen molar-refractivity contribution >= 4 is 23.7 Å². The molecule has 0 unspecified atom stereocenters. The van der Waals surface area contributed by atoms with E-state index in [1.165, 1.54) is 12.2 Å². The average molecular weight is 402 g/mol. The molecule has 2 aromatic rings. The van der Waals surface area contributed by atoms with E-state index >= 15 is 0 Å². The van der Waals surface area contributed by atoms with Gasteiger partial charge in [0, 0.05) is 23.5 Å². The molecule has 0 heterocycles. The summed E-state index contributed by atoms with van der Waals surface area (Å²) >= 11 is 0. The van der Waals surface area contributed by atoms with Crippen LogP contribution in [0.2, 0.25) is 0 Å². The number of nitrogens with two attached hydrogens (primary N) is 2. The second-order valence-electron chi connectivity index (χ2n) is 6.63. The molecule has 0 aromatic heterocycles. The minimum atomic E-state index is -0.506. The van der Waals surface area contributed by atoms with E-state index in [1.807, 2.05) is 12.2 Å². The van der Waals surface area contributed by atoms with Crippen molar-refractivity contribution in [1.82, 2.24) is 0 Å². The third-order valence-electron chi connectivity index (χ3n) is 4.26. The van der Waals surface area contributed by atoms with Crippen LogP contribution in [0.15, 0.2) is 90.2 Å². The fraction of sp³-hybridized carbons (Fsp3) is 0.0833. The Morgan fingerprint density at radius 3 is 1.87 bits per heavy atom. The molecule has 4 N–H and O–H groups in total. The largest absolute Gasteiger partial charge is 0.423 e. The zero-order chi connectivity index (χ0) is 21.3. The van der Waals surface area contributed by atoms with Gasteiger partial charge in [0.1, 0.15) is 11.5 Å². The number of ether oxygens (including phenoxy) is 2. The molecule has 0 saturated heterocycles. The van der Waals surface area contributed by atoms with Gasteiger partial charge in [-0.1, -0.05) is 24.3 Å². The molecule has 6 nitrogen and oxygen atoms in total. The highest BCUT2D eigenvalue weighted by atomic mass is 16.5. The first-order chi connectivity index (χ1) is 14.5. The Hall–Kier alpha value is -4.06. The minimum Gasteiger partial charge on any atom is -0.423 e. The molecule has 0 atom stereocenters. The first-order valence-electron chi connectivity index (χ1n) is 9.38. The van der Waals surface area contributed by atoms with E-state index in [1.54, 1.807) is 60.7 Å². The molecule has 0 bridgehead atoms. The molecule has 0 fully saturated rings. The standard InChI is InChI=1S/C24H22N2O4/c25-19-7-1-17(2-8-19)5-15-23(27)29-21-11-3-18(4-12-21)6-16-24(28)30-22-13-9-20(26)10-14-22/h1,3-7,9-16H,2,8,25-26H2/b15-5+,16-6+. The van der Waals surface area contributed by atoms with Crippen LogP contribution in [-0.2, 0) is 9.59 Å². The van der Waals surface area contributed by atoms with Crippen LogP contribution >= 0.6 is 0 Å². The molecule has 152 valence electrons. The number of benzene rings is 2.